The largest absolute Gasteiger partial charge is 0.297 e. The van der Waals surface area contributed by atoms with Crippen molar-refractivity contribution < 1.29 is 12.6 Å². The number of aryl methyl sites for hydroxylation is 1. The standard InChI is InChI=1S/C9H9Cl3O3S/c1-7-2-4-8(5-3-7)16(13,14)15-6-9(10,11)12/h2-5H,6H2,1H3. The SMILES string of the molecule is Cc1ccc(S(=O)(=O)OCC(Cl)(Cl)Cl)cc1. The summed E-state index contributed by atoms with van der Waals surface area (Å²) in [5.41, 5.74) is 0.945. The minimum atomic E-state index is -3.86. The third-order valence-corrected chi connectivity index (χ3v) is 3.29. The molecule has 0 heterocycles. The van der Waals surface area contributed by atoms with Crippen molar-refractivity contribution in [3.63, 3.8) is 0 Å². The number of hydrogen-bond donors (Lipinski definition) is 0. The number of halogens is 3. The van der Waals surface area contributed by atoms with Gasteiger partial charge in [-0.3, -0.25) is 4.18 Å². The predicted molar refractivity (Wildman–Crippen MR) is 64.6 cm³/mol. The van der Waals surface area contributed by atoms with Crippen LogP contribution in [0.2, 0.25) is 0 Å². The summed E-state index contributed by atoms with van der Waals surface area (Å²) in [5.74, 6) is 0. The molecule has 0 fully saturated rings. The maximum absolute atomic E-state index is 11.6. The van der Waals surface area contributed by atoms with Gasteiger partial charge in [0.2, 0.25) is 3.79 Å². The molecule has 0 aliphatic rings. The molecule has 0 N–H and O–H groups in total. The van der Waals surface area contributed by atoms with Crippen LogP contribution in [-0.4, -0.2) is 18.8 Å². The predicted octanol–water partition coefficient (Wildman–Crippen LogP) is 3.07. The first-order valence-corrected chi connectivity index (χ1v) is 6.78. The fourth-order valence-electron chi connectivity index (χ4n) is 0.917. The molecular formula is C9H9Cl3O3S. The zero-order chi connectivity index (χ0) is 12.4. The number of benzene rings is 1. The normalized spacial score (nSPS) is 12.8. The lowest BCUT2D eigenvalue weighted by Gasteiger charge is -2.11. The van der Waals surface area contributed by atoms with E-state index in [2.05, 4.69) is 4.18 Å². The highest BCUT2D eigenvalue weighted by atomic mass is 35.6. The van der Waals surface area contributed by atoms with Crippen molar-refractivity contribution in [3.8, 4) is 0 Å². The van der Waals surface area contributed by atoms with Gasteiger partial charge in [-0.15, -0.1) is 0 Å². The van der Waals surface area contributed by atoms with Crippen LogP contribution >= 0.6 is 34.8 Å². The third kappa shape index (κ3) is 4.47. The molecule has 0 unspecified atom stereocenters. The molecule has 0 aliphatic carbocycles. The number of rotatable bonds is 3. The third-order valence-electron chi connectivity index (χ3n) is 1.69. The van der Waals surface area contributed by atoms with E-state index in [0.29, 0.717) is 0 Å². The molecule has 0 aliphatic heterocycles. The molecule has 0 spiro atoms. The Kier molecular flexibility index (Phi) is 4.49. The molecule has 0 saturated heterocycles. The average Bonchev–Trinajstić information content (AvgIpc) is 2.15. The minimum Gasteiger partial charge on any atom is -0.262 e. The summed E-state index contributed by atoms with van der Waals surface area (Å²) >= 11 is 16.2. The first kappa shape index (κ1) is 14.1. The Balaban J connectivity index is 2.83. The van der Waals surface area contributed by atoms with Gasteiger partial charge in [0.15, 0.2) is 0 Å². The van der Waals surface area contributed by atoms with Crippen LogP contribution in [0.3, 0.4) is 0 Å². The van der Waals surface area contributed by atoms with E-state index in [9.17, 15) is 8.42 Å². The highest BCUT2D eigenvalue weighted by Crippen LogP contribution is 2.27. The lowest BCUT2D eigenvalue weighted by molar-refractivity contribution is 0.325. The van der Waals surface area contributed by atoms with Crippen molar-refractivity contribution in [1.82, 2.24) is 0 Å². The van der Waals surface area contributed by atoms with Gasteiger partial charge in [-0.2, -0.15) is 8.42 Å². The van der Waals surface area contributed by atoms with E-state index in [1.165, 1.54) is 12.1 Å². The molecule has 0 saturated carbocycles. The lowest BCUT2D eigenvalue weighted by atomic mass is 10.2. The average molecular weight is 304 g/mol. The topological polar surface area (TPSA) is 43.4 Å². The summed E-state index contributed by atoms with van der Waals surface area (Å²) in [7, 11) is -3.86. The molecule has 0 aromatic heterocycles. The summed E-state index contributed by atoms with van der Waals surface area (Å²) in [6.45, 7) is 1.33. The molecule has 1 aromatic rings. The fourth-order valence-corrected chi connectivity index (χ4v) is 2.21. The van der Waals surface area contributed by atoms with Gasteiger partial charge >= 0.3 is 0 Å². The zero-order valence-corrected chi connectivity index (χ0v) is 11.4. The van der Waals surface area contributed by atoms with Crippen molar-refractivity contribution >= 4 is 44.9 Å². The van der Waals surface area contributed by atoms with E-state index in [1.54, 1.807) is 12.1 Å². The van der Waals surface area contributed by atoms with Crippen LogP contribution in [0.25, 0.3) is 0 Å². The Morgan fingerprint density at radius 3 is 2.12 bits per heavy atom. The summed E-state index contributed by atoms with van der Waals surface area (Å²) in [5, 5.41) is 0. The van der Waals surface area contributed by atoms with Gasteiger partial charge < -0.3 is 0 Å². The molecule has 0 amide bonds. The second-order valence-electron chi connectivity index (χ2n) is 3.14. The van der Waals surface area contributed by atoms with Crippen LogP contribution in [0.1, 0.15) is 5.56 Å². The Bertz CT molecular complexity index is 448. The fraction of sp³-hybridized carbons (Fsp3) is 0.333. The smallest absolute Gasteiger partial charge is 0.262 e. The monoisotopic (exact) mass is 302 g/mol. The van der Waals surface area contributed by atoms with E-state index in [1.807, 2.05) is 6.92 Å². The van der Waals surface area contributed by atoms with Crippen LogP contribution in [0.5, 0.6) is 0 Å². The molecule has 0 bridgehead atoms. The maximum Gasteiger partial charge on any atom is 0.297 e. The molecular weight excluding hydrogens is 295 g/mol. The Labute approximate surface area is 109 Å². The summed E-state index contributed by atoms with van der Waals surface area (Å²) < 4.78 is 26.0. The van der Waals surface area contributed by atoms with Gasteiger partial charge in [0.25, 0.3) is 10.1 Å². The molecule has 7 heteroatoms. The van der Waals surface area contributed by atoms with E-state index < -0.39 is 20.5 Å². The number of alkyl halides is 3. The minimum absolute atomic E-state index is 0.0346. The zero-order valence-electron chi connectivity index (χ0n) is 8.28. The van der Waals surface area contributed by atoms with Gasteiger partial charge in [-0.05, 0) is 19.1 Å². The van der Waals surface area contributed by atoms with Gasteiger partial charge in [0.1, 0.15) is 6.61 Å². The molecule has 0 radical (unpaired) electrons. The van der Waals surface area contributed by atoms with E-state index in [4.69, 9.17) is 34.8 Å². The first-order chi connectivity index (χ1) is 7.21. The van der Waals surface area contributed by atoms with Crippen LogP contribution in [0.4, 0.5) is 0 Å². The molecule has 90 valence electrons. The van der Waals surface area contributed by atoms with E-state index in [-0.39, 0.29) is 4.90 Å². The molecule has 16 heavy (non-hydrogen) atoms. The van der Waals surface area contributed by atoms with Gasteiger partial charge in [0, 0.05) is 0 Å². The van der Waals surface area contributed by atoms with E-state index in [0.717, 1.165) is 5.56 Å². The van der Waals surface area contributed by atoms with Gasteiger partial charge in [-0.25, -0.2) is 0 Å². The highest BCUT2D eigenvalue weighted by Gasteiger charge is 2.25. The summed E-state index contributed by atoms with van der Waals surface area (Å²) in [4.78, 5) is 0.0346. The Morgan fingerprint density at radius 1 is 1.19 bits per heavy atom. The highest BCUT2D eigenvalue weighted by molar-refractivity contribution is 7.86. The van der Waals surface area contributed by atoms with Crippen molar-refractivity contribution in [2.24, 2.45) is 0 Å². The number of hydrogen-bond acceptors (Lipinski definition) is 3. The second-order valence-corrected chi connectivity index (χ2v) is 7.28. The molecule has 3 nitrogen and oxygen atoms in total. The maximum atomic E-state index is 11.6. The van der Waals surface area contributed by atoms with E-state index >= 15 is 0 Å². The first-order valence-electron chi connectivity index (χ1n) is 4.23. The van der Waals surface area contributed by atoms with Crippen molar-refractivity contribution in [1.29, 1.82) is 0 Å². The van der Waals surface area contributed by atoms with Crippen molar-refractivity contribution in [3.05, 3.63) is 29.8 Å². The van der Waals surface area contributed by atoms with Crippen molar-refractivity contribution in [2.45, 2.75) is 15.6 Å². The van der Waals surface area contributed by atoms with Crippen LogP contribution < -0.4 is 0 Å². The van der Waals surface area contributed by atoms with Crippen LogP contribution in [-0.2, 0) is 14.3 Å². The lowest BCUT2D eigenvalue weighted by Crippen LogP contribution is -2.17. The summed E-state index contributed by atoms with van der Waals surface area (Å²) in [6.07, 6.45) is 0. The van der Waals surface area contributed by atoms with Gasteiger partial charge in [-0.1, -0.05) is 52.5 Å². The second kappa shape index (κ2) is 5.10. The quantitative estimate of drug-likeness (QED) is 0.636. The Hall–Kier alpha value is -0.000000000000000167. The molecule has 0 atom stereocenters. The summed E-state index contributed by atoms with van der Waals surface area (Å²) in [6, 6.07) is 6.18. The van der Waals surface area contributed by atoms with Crippen LogP contribution in [0.15, 0.2) is 29.2 Å². The van der Waals surface area contributed by atoms with Gasteiger partial charge in [0.05, 0.1) is 4.90 Å². The molecule has 1 aromatic carbocycles. The van der Waals surface area contributed by atoms with Crippen LogP contribution in [0, 0.1) is 6.92 Å². The molecule has 1 rings (SSSR count). The Morgan fingerprint density at radius 2 is 1.69 bits per heavy atom. The van der Waals surface area contributed by atoms with Crippen molar-refractivity contribution in [2.75, 3.05) is 6.61 Å².